The van der Waals surface area contributed by atoms with Crippen molar-refractivity contribution in [3.8, 4) is 45.0 Å². The van der Waals surface area contributed by atoms with Crippen LogP contribution in [0.4, 0.5) is 34.1 Å². The van der Waals surface area contributed by atoms with Gasteiger partial charge in [-0.1, -0.05) is 167 Å². The van der Waals surface area contributed by atoms with Gasteiger partial charge in [-0.15, -0.1) is 165 Å². The van der Waals surface area contributed by atoms with E-state index in [1.54, 1.807) is 85.5 Å². The van der Waals surface area contributed by atoms with Gasteiger partial charge in [0.1, 0.15) is 0 Å². The van der Waals surface area contributed by atoms with Crippen LogP contribution in [0.1, 0.15) is 27.7 Å². The largest absolute Gasteiger partial charge is 0.512 e. The molecule has 12 heterocycles. The summed E-state index contributed by atoms with van der Waals surface area (Å²) in [6.45, 7) is 5.70. The van der Waals surface area contributed by atoms with Gasteiger partial charge in [0.2, 0.25) is 0 Å². The van der Waals surface area contributed by atoms with E-state index in [-0.39, 0.29) is 104 Å². The average Bonchev–Trinajstić information content (AvgIpc) is 0.741. The first-order valence-corrected chi connectivity index (χ1v) is 47.6. The van der Waals surface area contributed by atoms with Gasteiger partial charge < -0.3 is 39.9 Å². The van der Waals surface area contributed by atoms with E-state index < -0.39 is 15.8 Å². The van der Waals surface area contributed by atoms with E-state index in [4.69, 9.17) is 10.2 Å². The molecule has 24 rings (SSSR count). The molecule has 0 spiro atoms. The number of carbonyl (C=O) groups excluding carboxylic acids is 2. The van der Waals surface area contributed by atoms with Crippen molar-refractivity contribution in [1.29, 1.82) is 0 Å². The zero-order valence-corrected chi connectivity index (χ0v) is 84.4. The summed E-state index contributed by atoms with van der Waals surface area (Å²) < 4.78 is 0. The maximum Gasteiger partial charge on any atom is 0.155 e. The number of fused-ring (bicyclic) bond motifs is 16. The zero-order chi connectivity index (χ0) is 82.9. The van der Waals surface area contributed by atoms with Crippen LogP contribution in [-0.2, 0) is 90.0 Å². The summed E-state index contributed by atoms with van der Waals surface area (Å²) in [6, 6.07) is 93.0. The molecule has 28 heteroatoms. The smallest absolute Gasteiger partial charge is 0.155 e. The van der Waals surface area contributed by atoms with E-state index in [9.17, 15) is 9.59 Å². The Hall–Kier alpha value is -8.76. The Morgan fingerprint density at radius 1 is 0.302 bits per heavy atom. The third kappa shape index (κ3) is 19.3. The summed E-state index contributed by atoms with van der Waals surface area (Å²) in [5, 5.41) is 25.5. The molecule has 0 saturated carbocycles. The van der Waals surface area contributed by atoms with Gasteiger partial charge in [0.05, 0.1) is 34.3 Å². The standard InChI is InChI=1S/2C22H12N3S2.2C22H12N2PS2.2C5H8O2.4Ir/c4*1-3-7-18-16(5-1)25-17-6-2-4-8-19(17)27-21-12-14(11-20(26-18)22(21)25)15-13-23-9-10-24-15;2*1-4(6)3-5(2)7;;;;/h4*1-11,13H;2*3,6H,1-2H3;;;;/q4*-1;;;;;;. The minimum Gasteiger partial charge on any atom is -0.512 e. The van der Waals surface area contributed by atoms with Crippen LogP contribution in [0.25, 0.3) is 45.0 Å². The Labute approximate surface area is 820 Å². The Morgan fingerprint density at radius 2 is 0.540 bits per heavy atom. The normalized spacial score (nSPS) is 14.0. The molecular formula is C98H64Ir4N10O4P2S8-4. The molecule has 0 saturated heterocycles. The number of carbonyl (C=O) groups is 2. The van der Waals surface area contributed by atoms with Crippen molar-refractivity contribution >= 4 is 187 Å². The van der Waals surface area contributed by atoms with Crippen LogP contribution in [0.3, 0.4) is 0 Å². The fourth-order valence-corrected chi connectivity index (χ4v) is 31.0. The third-order valence-corrected chi connectivity index (χ3v) is 34.8. The molecule has 8 aliphatic heterocycles. The second kappa shape index (κ2) is 41.3. The molecule has 2 unspecified atom stereocenters. The van der Waals surface area contributed by atoms with Crippen LogP contribution in [0.5, 0.6) is 0 Å². The van der Waals surface area contributed by atoms with E-state index in [0.29, 0.717) is 0 Å². The number of rotatable bonds is 6. The molecular weight excluding hydrogens is 2470 g/mol. The number of aliphatic hydroxyl groups is 2. The van der Waals surface area contributed by atoms with E-state index in [2.05, 4.69) is 292 Å². The van der Waals surface area contributed by atoms with Crippen LogP contribution < -0.4 is 41.6 Å². The van der Waals surface area contributed by atoms with Crippen molar-refractivity contribution in [1.82, 2.24) is 39.9 Å². The minimum atomic E-state index is -0.541. The Bertz CT molecular complexity index is 5810. The van der Waals surface area contributed by atoms with Gasteiger partial charge in [0, 0.05) is 229 Å². The number of ketones is 2. The van der Waals surface area contributed by atoms with E-state index in [1.807, 2.05) is 83.0 Å². The Balaban J connectivity index is 0.000000122. The molecule has 0 fully saturated rings. The van der Waals surface area contributed by atoms with Gasteiger partial charge in [-0.05, 0) is 153 Å². The summed E-state index contributed by atoms with van der Waals surface area (Å²) in [6.07, 6.45) is 23.3. The van der Waals surface area contributed by atoms with Gasteiger partial charge in [-0.3, -0.25) is 29.5 Å². The van der Waals surface area contributed by atoms with Crippen molar-refractivity contribution < 1.29 is 100 Å². The number of allylic oxidation sites excluding steroid dienone is 4. The monoisotopic (exact) mass is 2530 g/mol. The van der Waals surface area contributed by atoms with Crippen LogP contribution in [0.2, 0.25) is 0 Å². The maximum atomic E-state index is 10.0. The maximum absolute atomic E-state index is 10.0. The summed E-state index contributed by atoms with van der Waals surface area (Å²) in [5.74, 6) is -0.125. The van der Waals surface area contributed by atoms with Gasteiger partial charge in [0.15, 0.2) is 11.6 Å². The predicted octanol–water partition coefficient (Wildman–Crippen LogP) is 24.0. The molecule has 12 aromatic carbocycles. The molecule has 628 valence electrons. The number of aromatic nitrogens is 8. The van der Waals surface area contributed by atoms with Crippen molar-refractivity contribution in [3.05, 3.63) is 341 Å². The van der Waals surface area contributed by atoms with E-state index in [0.717, 1.165) is 54.8 Å². The molecule has 16 aromatic rings. The Morgan fingerprint density at radius 3 is 0.810 bits per heavy atom. The topological polar surface area (TPSA) is 184 Å². The summed E-state index contributed by atoms with van der Waals surface area (Å²) in [5.41, 5.74) is 14.8. The number of para-hydroxylation sites is 4. The average molecular weight is 2530 g/mol. The molecule has 0 amide bonds. The second-order valence-corrected chi connectivity index (χ2v) is 40.7. The van der Waals surface area contributed by atoms with Crippen molar-refractivity contribution in [2.75, 3.05) is 9.80 Å². The first-order valence-electron chi connectivity index (χ1n) is 38.4. The first-order chi connectivity index (χ1) is 59.8. The fourth-order valence-electron chi connectivity index (χ4n) is 14.7. The van der Waals surface area contributed by atoms with Crippen molar-refractivity contribution in [3.63, 3.8) is 0 Å². The molecule has 14 nitrogen and oxygen atoms in total. The van der Waals surface area contributed by atoms with Crippen molar-refractivity contribution in [2.45, 2.75) is 106 Å². The van der Waals surface area contributed by atoms with Crippen molar-refractivity contribution in [2.24, 2.45) is 0 Å². The number of aliphatic hydroxyl groups excluding tert-OH is 2. The minimum absolute atomic E-state index is 0. The van der Waals surface area contributed by atoms with E-state index in [1.165, 1.54) is 174 Å². The van der Waals surface area contributed by atoms with E-state index >= 15 is 0 Å². The van der Waals surface area contributed by atoms with Gasteiger partial charge in [0.25, 0.3) is 0 Å². The Kier molecular flexibility index (Phi) is 30.2. The molecule has 2 N–H and O–H groups in total. The van der Waals surface area contributed by atoms with Crippen LogP contribution in [-0.4, -0.2) is 61.7 Å². The summed E-state index contributed by atoms with van der Waals surface area (Å²) in [4.78, 5) is 79.9. The summed E-state index contributed by atoms with van der Waals surface area (Å²) in [7, 11) is -1.08. The number of benzene rings is 12. The van der Waals surface area contributed by atoms with Crippen LogP contribution in [0, 0.1) is 24.3 Å². The SMILES string of the molecule is CC(=O)C=C(C)O.CC(=O)C=C(C)O.[Ir].[Ir].[Ir].[Ir].[c-]1c(-c2cnccn2)cc2c3c1Sc1ccccc1N3c1ccccc1S2.[c-]1c(-c2cnccn2)cc2c3c1Sc1ccccc1N3c1ccccc1S2.[c-]1c(-c2cnccn2)cc2c3c1Sc1ccccc1P3c1ccccc1S2.[c-]1c(-c2cnccn2)cc2c3c1Sc1ccccc1P3c1ccccc1S2. The molecule has 4 radical (unpaired) electrons. The molecule has 0 aliphatic carbocycles. The predicted molar refractivity (Wildman–Crippen MR) is 499 cm³/mol. The molecule has 2 atom stereocenters. The molecule has 8 aliphatic rings. The quantitative estimate of drug-likeness (QED) is 0.0693. The number of hydrogen-bond acceptors (Lipinski definition) is 22. The third-order valence-electron chi connectivity index (χ3n) is 19.5. The van der Waals surface area contributed by atoms with Gasteiger partial charge in [-0.25, -0.2) is 0 Å². The number of nitrogens with zero attached hydrogens (tertiary/aromatic N) is 10. The zero-order valence-electron chi connectivity index (χ0n) is 66.5. The van der Waals surface area contributed by atoms with Gasteiger partial charge in [-0.2, -0.15) is 0 Å². The molecule has 4 aromatic heterocycles. The molecule has 0 bridgehead atoms. The van der Waals surface area contributed by atoms with Crippen LogP contribution >= 0.6 is 110 Å². The summed E-state index contributed by atoms with van der Waals surface area (Å²) >= 11 is 14.6. The first kappa shape index (κ1) is 92.0. The number of hydrogen-bond donors (Lipinski definition) is 2. The number of anilines is 6. The second-order valence-electron chi connectivity index (χ2n) is 28.0. The fraction of sp³-hybridized carbons (Fsp3) is 0.0408. The van der Waals surface area contributed by atoms with Crippen LogP contribution in [0.15, 0.2) is 395 Å². The van der Waals surface area contributed by atoms with Gasteiger partial charge >= 0.3 is 0 Å². The molecule has 126 heavy (non-hydrogen) atoms.